The molecule has 0 atom stereocenters. The fraction of sp³-hybridized carbons (Fsp3) is 0.333. The van der Waals surface area contributed by atoms with Crippen LogP contribution in [0.2, 0.25) is 0 Å². The lowest BCUT2D eigenvalue weighted by atomic mass is 10.2. The first-order valence-electron chi connectivity index (χ1n) is 5.01. The van der Waals surface area contributed by atoms with E-state index in [4.69, 9.17) is 4.74 Å². The summed E-state index contributed by atoms with van der Waals surface area (Å²) in [7, 11) is 0. The number of carbonyl (C=O) groups excluding carboxylic acids is 2. The van der Waals surface area contributed by atoms with Crippen LogP contribution in [0.1, 0.15) is 22.8 Å². The Kier molecular flexibility index (Phi) is 5.05. The van der Waals surface area contributed by atoms with Crippen molar-refractivity contribution in [2.75, 3.05) is 12.4 Å². The van der Waals surface area contributed by atoms with Crippen molar-refractivity contribution in [1.29, 1.82) is 0 Å². The van der Waals surface area contributed by atoms with Gasteiger partial charge < -0.3 is 4.74 Å². The van der Waals surface area contributed by atoms with Gasteiger partial charge in [0.1, 0.15) is 0 Å². The number of aryl methyl sites for hydroxylation is 1. The third-order valence-electron chi connectivity index (χ3n) is 1.94. The van der Waals surface area contributed by atoms with E-state index in [0.29, 0.717) is 12.2 Å². The zero-order chi connectivity index (χ0) is 12.0. The minimum absolute atomic E-state index is 0.234. The second kappa shape index (κ2) is 6.33. The van der Waals surface area contributed by atoms with Gasteiger partial charge in [-0.3, -0.25) is 9.59 Å². The van der Waals surface area contributed by atoms with Gasteiger partial charge in [0.15, 0.2) is 6.29 Å². The molecule has 1 aromatic carbocycles. The first kappa shape index (κ1) is 12.8. The molecule has 0 heterocycles. The second-order valence-corrected chi connectivity index (χ2v) is 4.27. The van der Waals surface area contributed by atoms with Crippen molar-refractivity contribution in [2.24, 2.45) is 0 Å². The minimum atomic E-state index is -0.259. The number of rotatable bonds is 5. The fourth-order valence-corrected chi connectivity index (χ4v) is 2.03. The molecule has 0 aliphatic heterocycles. The minimum Gasteiger partial charge on any atom is -0.465 e. The predicted molar refractivity (Wildman–Crippen MR) is 63.9 cm³/mol. The zero-order valence-electron chi connectivity index (χ0n) is 9.36. The molecule has 0 saturated heterocycles. The summed E-state index contributed by atoms with van der Waals surface area (Å²) in [6.07, 6.45) is 0.806. The smallest absolute Gasteiger partial charge is 0.316 e. The Bertz CT molecular complexity index is 388. The van der Waals surface area contributed by atoms with Crippen molar-refractivity contribution in [1.82, 2.24) is 0 Å². The summed E-state index contributed by atoms with van der Waals surface area (Å²) >= 11 is 1.32. The number of aldehydes is 1. The summed E-state index contributed by atoms with van der Waals surface area (Å²) in [6.45, 7) is 4.08. The maximum Gasteiger partial charge on any atom is 0.316 e. The number of hydrogen-bond acceptors (Lipinski definition) is 4. The molecule has 0 N–H and O–H groups in total. The first-order chi connectivity index (χ1) is 7.67. The normalized spacial score (nSPS) is 9.88. The molecular formula is C12H14O3S. The molecule has 0 amide bonds. The molecule has 0 bridgehead atoms. The van der Waals surface area contributed by atoms with E-state index in [2.05, 4.69) is 0 Å². The van der Waals surface area contributed by atoms with E-state index < -0.39 is 0 Å². The van der Waals surface area contributed by atoms with Crippen LogP contribution < -0.4 is 0 Å². The lowest BCUT2D eigenvalue weighted by molar-refractivity contribution is -0.139. The Hall–Kier alpha value is -1.29. The van der Waals surface area contributed by atoms with Crippen LogP contribution in [-0.2, 0) is 9.53 Å². The number of thioether (sulfide) groups is 1. The Balaban J connectivity index is 2.66. The number of carbonyl (C=O) groups is 2. The van der Waals surface area contributed by atoms with Gasteiger partial charge in [-0.15, -0.1) is 11.8 Å². The topological polar surface area (TPSA) is 43.4 Å². The fourth-order valence-electron chi connectivity index (χ4n) is 1.23. The quantitative estimate of drug-likeness (QED) is 0.449. The van der Waals surface area contributed by atoms with Crippen LogP contribution >= 0.6 is 11.8 Å². The van der Waals surface area contributed by atoms with Gasteiger partial charge in [0.2, 0.25) is 0 Å². The van der Waals surface area contributed by atoms with Gasteiger partial charge in [-0.2, -0.15) is 0 Å². The van der Waals surface area contributed by atoms with E-state index >= 15 is 0 Å². The highest BCUT2D eigenvalue weighted by molar-refractivity contribution is 8.00. The van der Waals surface area contributed by atoms with Crippen molar-refractivity contribution in [3.05, 3.63) is 29.3 Å². The van der Waals surface area contributed by atoms with Gasteiger partial charge in [0, 0.05) is 10.5 Å². The van der Waals surface area contributed by atoms with E-state index in [-0.39, 0.29) is 11.7 Å². The Morgan fingerprint density at radius 3 is 2.88 bits per heavy atom. The summed E-state index contributed by atoms with van der Waals surface area (Å²) < 4.78 is 4.81. The van der Waals surface area contributed by atoms with Crippen molar-refractivity contribution >= 4 is 24.0 Å². The summed E-state index contributed by atoms with van der Waals surface area (Å²) in [6, 6.07) is 5.57. The highest BCUT2D eigenvalue weighted by Crippen LogP contribution is 2.22. The van der Waals surface area contributed by atoms with Crippen molar-refractivity contribution in [2.45, 2.75) is 18.7 Å². The van der Waals surface area contributed by atoms with E-state index in [1.165, 1.54) is 11.8 Å². The maximum atomic E-state index is 11.2. The van der Waals surface area contributed by atoms with Gasteiger partial charge in [-0.05, 0) is 26.0 Å². The lowest BCUT2D eigenvalue weighted by Crippen LogP contribution is -2.06. The SMILES string of the molecule is CCOC(=O)CSc1ccc(C)cc1C=O. The zero-order valence-corrected chi connectivity index (χ0v) is 10.2. The molecule has 1 aromatic rings. The Labute approximate surface area is 99.2 Å². The molecule has 16 heavy (non-hydrogen) atoms. The lowest BCUT2D eigenvalue weighted by Gasteiger charge is -2.05. The monoisotopic (exact) mass is 238 g/mol. The molecule has 86 valence electrons. The average molecular weight is 238 g/mol. The Morgan fingerprint density at radius 1 is 1.50 bits per heavy atom. The van der Waals surface area contributed by atoms with Crippen LogP contribution in [0.25, 0.3) is 0 Å². The van der Waals surface area contributed by atoms with Crippen LogP contribution in [0.4, 0.5) is 0 Å². The number of benzene rings is 1. The van der Waals surface area contributed by atoms with Gasteiger partial charge >= 0.3 is 5.97 Å². The summed E-state index contributed by atoms with van der Waals surface area (Å²) in [5.74, 6) is -0.0255. The highest BCUT2D eigenvalue weighted by atomic mass is 32.2. The van der Waals surface area contributed by atoms with Gasteiger partial charge in [-0.1, -0.05) is 11.6 Å². The molecule has 0 fully saturated rings. The highest BCUT2D eigenvalue weighted by Gasteiger charge is 2.06. The van der Waals surface area contributed by atoms with Crippen LogP contribution in [0.15, 0.2) is 23.1 Å². The van der Waals surface area contributed by atoms with Crippen molar-refractivity contribution in [3.63, 3.8) is 0 Å². The predicted octanol–water partition coefficient (Wildman–Crippen LogP) is 2.46. The van der Waals surface area contributed by atoms with Gasteiger partial charge in [0.25, 0.3) is 0 Å². The first-order valence-corrected chi connectivity index (χ1v) is 6.00. The maximum absolute atomic E-state index is 11.2. The molecule has 0 unspecified atom stereocenters. The van der Waals surface area contributed by atoms with E-state index in [1.54, 1.807) is 13.0 Å². The summed E-state index contributed by atoms with van der Waals surface area (Å²) in [5.41, 5.74) is 1.65. The van der Waals surface area contributed by atoms with Crippen molar-refractivity contribution < 1.29 is 14.3 Å². The summed E-state index contributed by atoms with van der Waals surface area (Å²) in [5, 5.41) is 0. The molecule has 3 nitrogen and oxygen atoms in total. The van der Waals surface area contributed by atoms with E-state index in [0.717, 1.165) is 16.7 Å². The molecule has 4 heteroatoms. The largest absolute Gasteiger partial charge is 0.465 e. The van der Waals surface area contributed by atoms with Gasteiger partial charge in [0.05, 0.1) is 12.4 Å². The molecule has 0 spiro atoms. The molecule has 0 radical (unpaired) electrons. The number of ether oxygens (including phenoxy) is 1. The molecule has 1 rings (SSSR count). The molecular weight excluding hydrogens is 224 g/mol. The van der Waals surface area contributed by atoms with Crippen LogP contribution in [0.5, 0.6) is 0 Å². The molecule has 0 aliphatic carbocycles. The number of esters is 1. The third-order valence-corrected chi connectivity index (χ3v) is 3.01. The van der Waals surface area contributed by atoms with Crippen molar-refractivity contribution in [3.8, 4) is 0 Å². The second-order valence-electron chi connectivity index (χ2n) is 3.25. The van der Waals surface area contributed by atoms with E-state index in [1.807, 2.05) is 19.1 Å². The third kappa shape index (κ3) is 3.70. The molecule has 0 aromatic heterocycles. The number of hydrogen-bond donors (Lipinski definition) is 0. The molecule has 0 saturated carbocycles. The van der Waals surface area contributed by atoms with Crippen LogP contribution in [-0.4, -0.2) is 24.6 Å². The molecule has 0 aliphatic rings. The van der Waals surface area contributed by atoms with Gasteiger partial charge in [-0.25, -0.2) is 0 Å². The standard InChI is InChI=1S/C12H14O3S/c1-3-15-12(14)8-16-11-5-4-9(2)6-10(11)7-13/h4-7H,3,8H2,1-2H3. The average Bonchev–Trinajstić information content (AvgIpc) is 2.27. The summed E-state index contributed by atoms with van der Waals surface area (Å²) in [4.78, 5) is 22.8. The van der Waals surface area contributed by atoms with E-state index in [9.17, 15) is 9.59 Å². The van der Waals surface area contributed by atoms with Crippen LogP contribution in [0, 0.1) is 6.92 Å². The van der Waals surface area contributed by atoms with Crippen LogP contribution in [0.3, 0.4) is 0 Å². The Morgan fingerprint density at radius 2 is 2.25 bits per heavy atom.